The maximum absolute atomic E-state index is 3.39. The van der Waals surface area contributed by atoms with Gasteiger partial charge >= 0.3 is 0 Å². The molecule has 3 rings (SSSR count). The molecule has 0 aromatic heterocycles. The van der Waals surface area contributed by atoms with Crippen LogP contribution in [0.4, 0.5) is 0 Å². The summed E-state index contributed by atoms with van der Waals surface area (Å²) in [5.74, 6) is 0. The molecule has 0 radical (unpaired) electrons. The van der Waals surface area contributed by atoms with E-state index in [1.54, 1.807) is 0 Å². The van der Waals surface area contributed by atoms with Crippen LogP contribution in [0.3, 0.4) is 0 Å². The first kappa shape index (κ1) is 11.5. The Morgan fingerprint density at radius 2 is 1.89 bits per heavy atom. The molecule has 18 heavy (non-hydrogen) atoms. The van der Waals surface area contributed by atoms with E-state index in [0.717, 1.165) is 0 Å². The lowest BCUT2D eigenvalue weighted by molar-refractivity contribution is 0.590. The van der Waals surface area contributed by atoms with E-state index in [0.29, 0.717) is 6.04 Å². The second-order valence-electron chi connectivity index (χ2n) is 5.16. The van der Waals surface area contributed by atoms with E-state index in [-0.39, 0.29) is 0 Å². The van der Waals surface area contributed by atoms with Crippen LogP contribution in [0.25, 0.3) is 11.1 Å². The third kappa shape index (κ3) is 1.95. The third-order valence-electron chi connectivity index (χ3n) is 3.92. The van der Waals surface area contributed by atoms with Gasteiger partial charge in [0.05, 0.1) is 0 Å². The summed E-state index contributed by atoms with van der Waals surface area (Å²) in [7, 11) is 2.05. The highest BCUT2D eigenvalue weighted by molar-refractivity contribution is 5.66. The van der Waals surface area contributed by atoms with Gasteiger partial charge in [0.2, 0.25) is 0 Å². The van der Waals surface area contributed by atoms with Gasteiger partial charge in [-0.2, -0.15) is 0 Å². The molecule has 0 saturated carbocycles. The molecule has 0 fully saturated rings. The molecule has 1 nitrogen and oxygen atoms in total. The van der Waals surface area contributed by atoms with Gasteiger partial charge in [-0.25, -0.2) is 0 Å². The van der Waals surface area contributed by atoms with Gasteiger partial charge < -0.3 is 5.32 Å². The Balaban J connectivity index is 2.01. The summed E-state index contributed by atoms with van der Waals surface area (Å²) in [6.45, 7) is 2.15. The summed E-state index contributed by atoms with van der Waals surface area (Å²) in [5, 5.41) is 3.39. The van der Waals surface area contributed by atoms with Crippen LogP contribution in [0.15, 0.2) is 42.5 Å². The number of nitrogens with one attached hydrogen (secondary N) is 1. The Labute approximate surface area is 109 Å². The van der Waals surface area contributed by atoms with E-state index in [2.05, 4.69) is 54.7 Å². The highest BCUT2D eigenvalue weighted by atomic mass is 14.9. The van der Waals surface area contributed by atoms with Crippen LogP contribution < -0.4 is 5.32 Å². The van der Waals surface area contributed by atoms with Crippen molar-refractivity contribution >= 4 is 0 Å². The minimum Gasteiger partial charge on any atom is -0.313 e. The van der Waals surface area contributed by atoms with Crippen molar-refractivity contribution in [3.05, 3.63) is 59.2 Å². The maximum atomic E-state index is 3.39. The average Bonchev–Trinajstić information content (AvgIpc) is 2.80. The topological polar surface area (TPSA) is 12.0 Å². The van der Waals surface area contributed by atoms with Gasteiger partial charge in [0.25, 0.3) is 0 Å². The molecule has 0 saturated heterocycles. The highest BCUT2D eigenvalue weighted by Gasteiger charge is 2.20. The minimum atomic E-state index is 0.548. The SMILES string of the molecule is CNC1CCc2cc(-c3cccc(C)c3)ccc21. The fourth-order valence-electron chi connectivity index (χ4n) is 2.92. The van der Waals surface area contributed by atoms with Crippen LogP contribution in [0.5, 0.6) is 0 Å². The first-order chi connectivity index (χ1) is 8.78. The van der Waals surface area contributed by atoms with Crippen molar-refractivity contribution in [2.45, 2.75) is 25.8 Å². The summed E-state index contributed by atoms with van der Waals surface area (Å²) in [6.07, 6.45) is 2.42. The van der Waals surface area contributed by atoms with Crippen molar-refractivity contribution < 1.29 is 0 Å². The third-order valence-corrected chi connectivity index (χ3v) is 3.92. The molecule has 1 unspecified atom stereocenters. The van der Waals surface area contributed by atoms with E-state index in [4.69, 9.17) is 0 Å². The lowest BCUT2D eigenvalue weighted by Crippen LogP contribution is -2.12. The molecular formula is C17H19N. The number of hydrogen-bond acceptors (Lipinski definition) is 1. The molecule has 0 spiro atoms. The van der Waals surface area contributed by atoms with Crippen molar-refractivity contribution in [1.29, 1.82) is 0 Å². The highest BCUT2D eigenvalue weighted by Crippen LogP contribution is 2.34. The van der Waals surface area contributed by atoms with E-state index >= 15 is 0 Å². The van der Waals surface area contributed by atoms with Gasteiger partial charge in [-0.3, -0.25) is 0 Å². The van der Waals surface area contributed by atoms with Crippen LogP contribution in [0, 0.1) is 6.92 Å². The monoisotopic (exact) mass is 237 g/mol. The molecule has 0 bridgehead atoms. The van der Waals surface area contributed by atoms with E-state index in [1.807, 2.05) is 7.05 Å². The maximum Gasteiger partial charge on any atom is 0.0323 e. The van der Waals surface area contributed by atoms with E-state index in [1.165, 1.54) is 40.7 Å². The lowest BCUT2D eigenvalue weighted by atomic mass is 9.99. The summed E-state index contributed by atoms with van der Waals surface area (Å²) in [6, 6.07) is 16.2. The second kappa shape index (κ2) is 4.58. The second-order valence-corrected chi connectivity index (χ2v) is 5.16. The number of aryl methyl sites for hydroxylation is 2. The fourth-order valence-corrected chi connectivity index (χ4v) is 2.92. The van der Waals surface area contributed by atoms with Crippen molar-refractivity contribution in [1.82, 2.24) is 5.32 Å². The molecule has 2 aromatic carbocycles. The first-order valence-electron chi connectivity index (χ1n) is 6.65. The van der Waals surface area contributed by atoms with Gasteiger partial charge in [0, 0.05) is 6.04 Å². The number of hydrogen-bond donors (Lipinski definition) is 1. The summed E-state index contributed by atoms with van der Waals surface area (Å²) in [4.78, 5) is 0. The lowest BCUT2D eigenvalue weighted by Gasteiger charge is -2.11. The molecule has 1 atom stereocenters. The van der Waals surface area contributed by atoms with Gasteiger partial charge in [0.1, 0.15) is 0 Å². The van der Waals surface area contributed by atoms with Gasteiger partial charge in [-0.15, -0.1) is 0 Å². The van der Waals surface area contributed by atoms with Crippen molar-refractivity contribution in [3.8, 4) is 11.1 Å². The number of benzene rings is 2. The molecule has 0 aliphatic heterocycles. The fraction of sp³-hybridized carbons (Fsp3) is 0.294. The first-order valence-corrected chi connectivity index (χ1v) is 6.65. The van der Waals surface area contributed by atoms with E-state index < -0.39 is 0 Å². The molecule has 0 heterocycles. The molecule has 1 heteroatoms. The van der Waals surface area contributed by atoms with Gasteiger partial charge in [-0.05, 0) is 49.1 Å². The minimum absolute atomic E-state index is 0.548. The summed E-state index contributed by atoms with van der Waals surface area (Å²) in [5.41, 5.74) is 6.98. The molecule has 2 aromatic rings. The zero-order valence-electron chi connectivity index (χ0n) is 11.0. The standard InChI is InChI=1S/C17H19N/c1-12-4-3-5-13(10-12)14-6-8-16-15(11-14)7-9-17(16)18-2/h3-6,8,10-11,17-18H,7,9H2,1-2H3. The molecule has 92 valence electrons. The Hall–Kier alpha value is -1.60. The molecular weight excluding hydrogens is 218 g/mol. The molecule has 1 aliphatic rings. The average molecular weight is 237 g/mol. The summed E-state index contributed by atoms with van der Waals surface area (Å²) >= 11 is 0. The quantitative estimate of drug-likeness (QED) is 0.836. The Kier molecular flexibility index (Phi) is 2.92. The van der Waals surface area contributed by atoms with E-state index in [9.17, 15) is 0 Å². The summed E-state index contributed by atoms with van der Waals surface area (Å²) < 4.78 is 0. The van der Waals surface area contributed by atoms with Crippen molar-refractivity contribution in [3.63, 3.8) is 0 Å². The van der Waals surface area contributed by atoms with Gasteiger partial charge in [-0.1, -0.05) is 48.0 Å². The van der Waals surface area contributed by atoms with Crippen LogP contribution in [-0.4, -0.2) is 7.05 Å². The smallest absolute Gasteiger partial charge is 0.0323 e. The predicted molar refractivity (Wildman–Crippen MR) is 76.7 cm³/mol. The van der Waals surface area contributed by atoms with Crippen LogP contribution in [0.1, 0.15) is 29.2 Å². The Morgan fingerprint density at radius 1 is 1.06 bits per heavy atom. The number of fused-ring (bicyclic) bond motifs is 1. The molecule has 0 amide bonds. The zero-order valence-corrected chi connectivity index (χ0v) is 11.0. The zero-order chi connectivity index (χ0) is 12.5. The largest absolute Gasteiger partial charge is 0.313 e. The van der Waals surface area contributed by atoms with Crippen LogP contribution >= 0.6 is 0 Å². The Bertz CT molecular complexity index is 572. The molecule has 1 N–H and O–H groups in total. The number of rotatable bonds is 2. The predicted octanol–water partition coefficient (Wildman–Crippen LogP) is 3.87. The normalized spacial score (nSPS) is 17.8. The van der Waals surface area contributed by atoms with Gasteiger partial charge in [0.15, 0.2) is 0 Å². The van der Waals surface area contributed by atoms with Crippen LogP contribution in [-0.2, 0) is 6.42 Å². The molecule has 1 aliphatic carbocycles. The van der Waals surface area contributed by atoms with Crippen molar-refractivity contribution in [2.24, 2.45) is 0 Å². The van der Waals surface area contributed by atoms with Crippen molar-refractivity contribution in [2.75, 3.05) is 7.05 Å². The Morgan fingerprint density at radius 3 is 2.67 bits per heavy atom. The van der Waals surface area contributed by atoms with Crippen LogP contribution in [0.2, 0.25) is 0 Å².